The molecule has 1 aromatic carbocycles. The number of aromatic nitrogens is 5. The van der Waals surface area contributed by atoms with Crippen LogP contribution in [-0.4, -0.2) is 36.5 Å². The van der Waals surface area contributed by atoms with Crippen molar-refractivity contribution >= 4 is 18.0 Å². The standard InChI is InChI=1S/C19H13F6N7O2/c20-18(21,22)12-5-11(6-13(7-12)19(23,24)25)17-28-10-32(31-17)4-1-15(33)29-30-16(34)8-14-9-26-2-3-27-14/h1-7,9-10H,8H2,(H,29,33)(H,30,34). The molecule has 2 aromatic heterocycles. The maximum atomic E-state index is 13.0. The third kappa shape index (κ3) is 6.60. The van der Waals surface area contributed by atoms with E-state index < -0.39 is 46.7 Å². The van der Waals surface area contributed by atoms with E-state index in [1.54, 1.807) is 0 Å². The van der Waals surface area contributed by atoms with Crippen molar-refractivity contribution < 1.29 is 35.9 Å². The van der Waals surface area contributed by atoms with Crippen LogP contribution < -0.4 is 10.9 Å². The number of nitrogens with one attached hydrogen (secondary N) is 2. The van der Waals surface area contributed by atoms with Gasteiger partial charge in [-0.25, -0.2) is 9.67 Å². The van der Waals surface area contributed by atoms with E-state index in [9.17, 15) is 35.9 Å². The van der Waals surface area contributed by atoms with E-state index in [1.165, 1.54) is 18.6 Å². The van der Waals surface area contributed by atoms with E-state index in [0.717, 1.165) is 23.3 Å². The molecule has 0 atom stereocenters. The zero-order valence-electron chi connectivity index (χ0n) is 16.7. The minimum atomic E-state index is -5.02. The fourth-order valence-electron chi connectivity index (χ4n) is 2.51. The van der Waals surface area contributed by atoms with Crippen molar-refractivity contribution in [3.63, 3.8) is 0 Å². The van der Waals surface area contributed by atoms with Crippen LogP contribution in [0.2, 0.25) is 0 Å². The summed E-state index contributed by atoms with van der Waals surface area (Å²) < 4.78 is 79.0. The summed E-state index contributed by atoms with van der Waals surface area (Å²) in [5.74, 6) is -1.82. The second-order valence-corrected chi connectivity index (χ2v) is 6.57. The van der Waals surface area contributed by atoms with Crippen molar-refractivity contribution in [2.75, 3.05) is 0 Å². The van der Waals surface area contributed by atoms with Crippen molar-refractivity contribution in [3.8, 4) is 11.4 Å². The van der Waals surface area contributed by atoms with Crippen LogP contribution in [-0.2, 0) is 28.4 Å². The molecule has 0 aliphatic rings. The van der Waals surface area contributed by atoms with E-state index in [4.69, 9.17) is 0 Å². The van der Waals surface area contributed by atoms with Crippen molar-refractivity contribution in [1.29, 1.82) is 0 Å². The fraction of sp³-hybridized carbons (Fsp3) is 0.158. The van der Waals surface area contributed by atoms with Crippen LogP contribution in [0.3, 0.4) is 0 Å². The maximum absolute atomic E-state index is 13.0. The summed E-state index contributed by atoms with van der Waals surface area (Å²) in [6.45, 7) is 0. The summed E-state index contributed by atoms with van der Waals surface area (Å²) >= 11 is 0. The third-order valence-electron chi connectivity index (χ3n) is 4.02. The SMILES string of the molecule is O=C(C=Cn1cnc(-c2cc(C(F)(F)F)cc(C(F)(F)F)c2)n1)NNC(=O)Cc1cnccn1. The molecule has 15 heteroatoms. The number of hydrogen-bond donors (Lipinski definition) is 2. The Labute approximate surface area is 186 Å². The predicted octanol–water partition coefficient (Wildman–Crippen LogP) is 2.63. The van der Waals surface area contributed by atoms with Crippen molar-refractivity contribution in [3.05, 3.63) is 66.0 Å². The Kier molecular flexibility index (Phi) is 6.93. The molecule has 0 fully saturated rings. The normalized spacial score (nSPS) is 12.1. The first-order chi connectivity index (χ1) is 15.9. The van der Waals surface area contributed by atoms with Crippen LogP contribution in [0.25, 0.3) is 17.6 Å². The van der Waals surface area contributed by atoms with Crippen LogP contribution in [0.4, 0.5) is 26.3 Å². The van der Waals surface area contributed by atoms with Gasteiger partial charge in [0.2, 0.25) is 5.91 Å². The minimum Gasteiger partial charge on any atom is -0.273 e. The fourth-order valence-corrected chi connectivity index (χ4v) is 2.51. The molecule has 0 unspecified atom stereocenters. The Morgan fingerprint density at radius 1 is 0.941 bits per heavy atom. The van der Waals surface area contributed by atoms with Crippen molar-refractivity contribution in [2.45, 2.75) is 18.8 Å². The molecular formula is C19H13F6N7O2. The lowest BCUT2D eigenvalue weighted by Crippen LogP contribution is -2.41. The molecular weight excluding hydrogens is 472 g/mol. The molecule has 34 heavy (non-hydrogen) atoms. The number of carbonyl (C=O) groups is 2. The Morgan fingerprint density at radius 3 is 2.21 bits per heavy atom. The summed E-state index contributed by atoms with van der Waals surface area (Å²) in [5, 5.41) is 3.75. The number of hydrogen-bond acceptors (Lipinski definition) is 6. The van der Waals surface area contributed by atoms with Gasteiger partial charge in [0.15, 0.2) is 5.82 Å². The number of nitrogens with zero attached hydrogens (tertiary/aromatic N) is 5. The third-order valence-corrected chi connectivity index (χ3v) is 4.02. The van der Waals surface area contributed by atoms with Crippen LogP contribution in [0.15, 0.2) is 49.2 Å². The zero-order chi connectivity index (χ0) is 24.9. The van der Waals surface area contributed by atoms with E-state index in [-0.39, 0.29) is 12.5 Å². The highest BCUT2D eigenvalue weighted by atomic mass is 19.4. The van der Waals surface area contributed by atoms with Gasteiger partial charge < -0.3 is 0 Å². The van der Waals surface area contributed by atoms with Crippen molar-refractivity contribution in [2.24, 2.45) is 0 Å². The first kappa shape index (κ1) is 24.3. The number of carbonyl (C=O) groups excluding carboxylic acids is 2. The molecule has 0 aliphatic carbocycles. The molecule has 3 rings (SSSR count). The second kappa shape index (κ2) is 9.68. The molecule has 0 bridgehead atoms. The summed E-state index contributed by atoms with van der Waals surface area (Å²) in [5.41, 5.74) is 1.02. The molecule has 0 radical (unpaired) electrons. The Bertz CT molecular complexity index is 1170. The van der Waals surface area contributed by atoms with Gasteiger partial charge in [-0.05, 0) is 18.2 Å². The first-order valence-corrected chi connectivity index (χ1v) is 9.15. The van der Waals surface area contributed by atoms with Gasteiger partial charge >= 0.3 is 12.4 Å². The summed E-state index contributed by atoms with van der Waals surface area (Å²) in [6.07, 6.45) is -3.12. The van der Waals surface area contributed by atoms with Crippen molar-refractivity contribution in [1.82, 2.24) is 35.6 Å². The molecule has 178 valence electrons. The number of amides is 2. The Balaban J connectivity index is 1.67. The molecule has 9 nitrogen and oxygen atoms in total. The van der Waals surface area contributed by atoms with Gasteiger partial charge in [0.1, 0.15) is 6.33 Å². The highest BCUT2D eigenvalue weighted by molar-refractivity contribution is 5.91. The molecule has 2 N–H and O–H groups in total. The van der Waals surface area contributed by atoms with Gasteiger partial charge in [-0.1, -0.05) is 0 Å². The quantitative estimate of drug-likeness (QED) is 0.326. The number of rotatable bonds is 5. The van der Waals surface area contributed by atoms with Gasteiger partial charge in [0.25, 0.3) is 5.91 Å². The lowest BCUT2D eigenvalue weighted by Gasteiger charge is -2.13. The average Bonchev–Trinajstić information content (AvgIpc) is 3.25. The second-order valence-electron chi connectivity index (χ2n) is 6.57. The maximum Gasteiger partial charge on any atom is 0.416 e. The summed E-state index contributed by atoms with van der Waals surface area (Å²) in [4.78, 5) is 34.9. The predicted molar refractivity (Wildman–Crippen MR) is 103 cm³/mol. The summed E-state index contributed by atoms with van der Waals surface area (Å²) in [7, 11) is 0. The topological polar surface area (TPSA) is 115 Å². The molecule has 3 aromatic rings. The lowest BCUT2D eigenvalue weighted by molar-refractivity contribution is -0.143. The smallest absolute Gasteiger partial charge is 0.273 e. The van der Waals surface area contributed by atoms with Gasteiger partial charge in [-0.3, -0.25) is 30.4 Å². The van der Waals surface area contributed by atoms with E-state index in [1.807, 2.05) is 0 Å². The number of benzene rings is 1. The summed E-state index contributed by atoms with van der Waals surface area (Å²) in [6, 6.07) is 0.958. The van der Waals surface area contributed by atoms with Gasteiger partial charge in [0, 0.05) is 36.4 Å². The monoisotopic (exact) mass is 485 g/mol. The highest BCUT2D eigenvalue weighted by Gasteiger charge is 2.37. The molecule has 0 aliphatic heterocycles. The Hall–Kier alpha value is -4.30. The molecule has 0 saturated carbocycles. The van der Waals surface area contributed by atoms with E-state index >= 15 is 0 Å². The van der Waals surface area contributed by atoms with Gasteiger partial charge in [0.05, 0.1) is 23.2 Å². The lowest BCUT2D eigenvalue weighted by atomic mass is 10.0. The molecule has 2 heterocycles. The molecule has 0 spiro atoms. The Morgan fingerprint density at radius 2 is 1.62 bits per heavy atom. The minimum absolute atomic E-state index is 0.0105. The van der Waals surface area contributed by atoms with Gasteiger partial charge in [-0.15, -0.1) is 5.10 Å². The first-order valence-electron chi connectivity index (χ1n) is 9.15. The van der Waals surface area contributed by atoms with Crippen LogP contribution >= 0.6 is 0 Å². The highest BCUT2D eigenvalue weighted by Crippen LogP contribution is 2.38. The van der Waals surface area contributed by atoms with Crippen LogP contribution in [0.1, 0.15) is 16.8 Å². The van der Waals surface area contributed by atoms with E-state index in [2.05, 4.69) is 30.9 Å². The number of alkyl halides is 6. The number of halogens is 6. The van der Waals surface area contributed by atoms with Gasteiger partial charge in [-0.2, -0.15) is 26.3 Å². The van der Waals surface area contributed by atoms with Crippen LogP contribution in [0, 0.1) is 0 Å². The molecule has 0 saturated heterocycles. The zero-order valence-corrected chi connectivity index (χ0v) is 16.7. The largest absolute Gasteiger partial charge is 0.416 e. The average molecular weight is 485 g/mol. The molecule has 2 amide bonds. The van der Waals surface area contributed by atoms with E-state index in [0.29, 0.717) is 17.8 Å². The van der Waals surface area contributed by atoms with Crippen LogP contribution in [0.5, 0.6) is 0 Å². The number of hydrazine groups is 1.